The largest absolute Gasteiger partial charge is 0.338 e. The minimum atomic E-state index is -0.317. The van der Waals surface area contributed by atoms with Crippen molar-refractivity contribution in [3.05, 3.63) is 64.1 Å². The Bertz CT molecular complexity index is 811. The van der Waals surface area contributed by atoms with Gasteiger partial charge in [-0.05, 0) is 31.0 Å². The van der Waals surface area contributed by atoms with Crippen LogP contribution in [0, 0.1) is 11.8 Å². The normalized spacial score (nSPS) is 18.3. The van der Waals surface area contributed by atoms with Crippen LogP contribution >= 0.6 is 23.2 Å². The molecule has 0 heterocycles. The SMILES string of the molecule is CCN(Cc1ccccc1)C(=O)C1CC1C(=O)Nc1cccc(Cl)c1Cl. The highest BCUT2D eigenvalue weighted by molar-refractivity contribution is 6.44. The molecule has 0 aromatic heterocycles. The second-order valence-electron chi connectivity index (χ2n) is 6.38. The molecule has 1 saturated carbocycles. The Kier molecular flexibility index (Phi) is 5.84. The van der Waals surface area contributed by atoms with Crippen LogP contribution in [0.15, 0.2) is 48.5 Å². The molecule has 3 rings (SSSR count). The topological polar surface area (TPSA) is 49.4 Å². The van der Waals surface area contributed by atoms with Crippen LogP contribution in [0.1, 0.15) is 18.9 Å². The number of hydrogen-bond donors (Lipinski definition) is 1. The summed E-state index contributed by atoms with van der Waals surface area (Å²) in [6, 6.07) is 14.9. The van der Waals surface area contributed by atoms with E-state index in [0.29, 0.717) is 35.2 Å². The van der Waals surface area contributed by atoms with E-state index < -0.39 is 0 Å². The summed E-state index contributed by atoms with van der Waals surface area (Å²) in [6.45, 7) is 3.11. The van der Waals surface area contributed by atoms with Gasteiger partial charge in [0, 0.05) is 13.1 Å². The first kappa shape index (κ1) is 18.7. The molecule has 2 unspecified atom stereocenters. The van der Waals surface area contributed by atoms with Crippen LogP contribution in [0.25, 0.3) is 0 Å². The number of rotatable bonds is 6. The molecule has 2 aromatic rings. The fraction of sp³-hybridized carbons (Fsp3) is 0.300. The molecule has 1 N–H and O–H groups in total. The Balaban J connectivity index is 1.60. The minimum Gasteiger partial charge on any atom is -0.338 e. The highest BCUT2D eigenvalue weighted by Gasteiger charge is 2.49. The van der Waals surface area contributed by atoms with Crippen LogP contribution in [0.3, 0.4) is 0 Å². The van der Waals surface area contributed by atoms with E-state index in [1.165, 1.54) is 0 Å². The molecular weight excluding hydrogens is 371 g/mol. The number of carbonyl (C=O) groups excluding carboxylic acids is 2. The van der Waals surface area contributed by atoms with Crippen molar-refractivity contribution >= 4 is 40.7 Å². The number of halogens is 2. The molecule has 6 heteroatoms. The molecule has 2 amide bonds. The Hall–Kier alpha value is -2.04. The Labute approximate surface area is 163 Å². The number of anilines is 1. The van der Waals surface area contributed by atoms with Gasteiger partial charge in [-0.2, -0.15) is 0 Å². The predicted molar refractivity (Wildman–Crippen MR) is 104 cm³/mol. The molecule has 0 saturated heterocycles. The lowest BCUT2D eigenvalue weighted by Gasteiger charge is -2.21. The van der Waals surface area contributed by atoms with Crippen LogP contribution in [-0.4, -0.2) is 23.3 Å². The van der Waals surface area contributed by atoms with E-state index in [0.717, 1.165) is 5.56 Å². The molecule has 1 aliphatic carbocycles. The van der Waals surface area contributed by atoms with Gasteiger partial charge in [-0.15, -0.1) is 0 Å². The Morgan fingerprint density at radius 2 is 1.81 bits per heavy atom. The maximum atomic E-state index is 12.7. The van der Waals surface area contributed by atoms with Crippen molar-refractivity contribution in [2.45, 2.75) is 19.9 Å². The summed E-state index contributed by atoms with van der Waals surface area (Å²) >= 11 is 12.1. The lowest BCUT2D eigenvalue weighted by Crippen LogP contribution is -2.33. The smallest absolute Gasteiger partial charge is 0.228 e. The summed E-state index contributed by atoms with van der Waals surface area (Å²) in [5.74, 6) is -0.754. The van der Waals surface area contributed by atoms with Gasteiger partial charge in [0.1, 0.15) is 0 Å². The van der Waals surface area contributed by atoms with E-state index in [1.54, 1.807) is 23.1 Å². The zero-order chi connectivity index (χ0) is 18.7. The third-order valence-electron chi connectivity index (χ3n) is 4.56. The van der Waals surface area contributed by atoms with Crippen molar-refractivity contribution in [2.75, 3.05) is 11.9 Å². The Morgan fingerprint density at radius 1 is 1.08 bits per heavy atom. The maximum Gasteiger partial charge on any atom is 0.228 e. The molecule has 2 atom stereocenters. The van der Waals surface area contributed by atoms with Crippen LogP contribution in [-0.2, 0) is 16.1 Å². The first-order valence-electron chi connectivity index (χ1n) is 8.58. The Morgan fingerprint density at radius 3 is 2.50 bits per heavy atom. The third kappa shape index (κ3) is 4.19. The fourth-order valence-corrected chi connectivity index (χ4v) is 3.32. The first-order valence-corrected chi connectivity index (χ1v) is 9.34. The zero-order valence-corrected chi connectivity index (χ0v) is 15.9. The number of nitrogens with zero attached hydrogens (tertiary/aromatic N) is 1. The predicted octanol–water partition coefficient (Wildman–Crippen LogP) is 4.62. The van der Waals surface area contributed by atoms with Crippen molar-refractivity contribution in [1.29, 1.82) is 0 Å². The average molecular weight is 391 g/mol. The van der Waals surface area contributed by atoms with Gasteiger partial charge in [0.15, 0.2) is 0 Å². The van der Waals surface area contributed by atoms with E-state index >= 15 is 0 Å². The van der Waals surface area contributed by atoms with Gasteiger partial charge in [0.05, 0.1) is 27.6 Å². The summed E-state index contributed by atoms with van der Waals surface area (Å²) in [4.78, 5) is 27.0. The van der Waals surface area contributed by atoms with Gasteiger partial charge in [0.25, 0.3) is 0 Å². The molecule has 2 aromatic carbocycles. The molecule has 0 radical (unpaired) electrons. The van der Waals surface area contributed by atoms with E-state index in [2.05, 4.69) is 5.32 Å². The number of amides is 2. The van der Waals surface area contributed by atoms with Crippen molar-refractivity contribution in [2.24, 2.45) is 11.8 Å². The molecule has 136 valence electrons. The molecule has 0 aliphatic heterocycles. The van der Waals surface area contributed by atoms with Gasteiger partial charge < -0.3 is 10.2 Å². The standard InChI is InChI=1S/C20H20Cl2N2O2/c1-2-24(12-13-7-4-3-5-8-13)20(26)15-11-14(15)19(25)23-17-10-6-9-16(21)18(17)22/h3-10,14-15H,2,11-12H2,1H3,(H,23,25). The van der Waals surface area contributed by atoms with Crippen LogP contribution in [0.2, 0.25) is 10.0 Å². The average Bonchev–Trinajstić information content (AvgIpc) is 3.45. The molecular formula is C20H20Cl2N2O2. The third-order valence-corrected chi connectivity index (χ3v) is 5.38. The van der Waals surface area contributed by atoms with E-state index in [4.69, 9.17) is 23.2 Å². The van der Waals surface area contributed by atoms with E-state index in [-0.39, 0.29) is 23.7 Å². The van der Waals surface area contributed by atoms with Crippen molar-refractivity contribution in [3.63, 3.8) is 0 Å². The summed E-state index contributed by atoms with van der Waals surface area (Å²) in [5, 5.41) is 3.47. The van der Waals surface area contributed by atoms with Crippen LogP contribution < -0.4 is 5.32 Å². The summed E-state index contributed by atoms with van der Waals surface area (Å²) in [5.41, 5.74) is 1.55. The lowest BCUT2D eigenvalue weighted by atomic mass is 10.2. The quantitative estimate of drug-likeness (QED) is 0.782. The second kappa shape index (κ2) is 8.11. The van der Waals surface area contributed by atoms with Gasteiger partial charge in [-0.3, -0.25) is 9.59 Å². The molecule has 1 aliphatic rings. The molecule has 4 nitrogen and oxygen atoms in total. The highest BCUT2D eigenvalue weighted by Crippen LogP contribution is 2.41. The first-order chi connectivity index (χ1) is 12.5. The van der Waals surface area contributed by atoms with Gasteiger partial charge >= 0.3 is 0 Å². The summed E-state index contributed by atoms with van der Waals surface area (Å²) < 4.78 is 0. The van der Waals surface area contributed by atoms with Crippen molar-refractivity contribution in [1.82, 2.24) is 4.90 Å². The van der Waals surface area contributed by atoms with Crippen molar-refractivity contribution < 1.29 is 9.59 Å². The number of nitrogens with one attached hydrogen (secondary N) is 1. The second-order valence-corrected chi connectivity index (χ2v) is 7.16. The van der Waals surface area contributed by atoms with Crippen LogP contribution in [0.4, 0.5) is 5.69 Å². The summed E-state index contributed by atoms with van der Waals surface area (Å²) in [6.07, 6.45) is 0.564. The lowest BCUT2D eigenvalue weighted by molar-refractivity contribution is -0.134. The fourth-order valence-electron chi connectivity index (χ4n) is 2.97. The van der Waals surface area contributed by atoms with E-state index in [9.17, 15) is 9.59 Å². The number of hydrogen-bond acceptors (Lipinski definition) is 2. The maximum absolute atomic E-state index is 12.7. The molecule has 0 bridgehead atoms. The van der Waals surface area contributed by atoms with Gasteiger partial charge in [0.2, 0.25) is 11.8 Å². The minimum absolute atomic E-state index is 0.0219. The number of benzene rings is 2. The summed E-state index contributed by atoms with van der Waals surface area (Å²) in [7, 11) is 0. The van der Waals surface area contributed by atoms with Gasteiger partial charge in [-0.25, -0.2) is 0 Å². The highest BCUT2D eigenvalue weighted by atomic mass is 35.5. The zero-order valence-electron chi connectivity index (χ0n) is 14.4. The van der Waals surface area contributed by atoms with E-state index in [1.807, 2.05) is 37.3 Å². The number of carbonyl (C=O) groups is 2. The van der Waals surface area contributed by atoms with Crippen LogP contribution in [0.5, 0.6) is 0 Å². The monoisotopic (exact) mass is 390 g/mol. The molecule has 1 fully saturated rings. The van der Waals surface area contributed by atoms with Crippen molar-refractivity contribution in [3.8, 4) is 0 Å². The molecule has 26 heavy (non-hydrogen) atoms. The van der Waals surface area contributed by atoms with Gasteiger partial charge in [-0.1, -0.05) is 59.6 Å². The molecule has 0 spiro atoms.